The maximum absolute atomic E-state index is 12.7. The summed E-state index contributed by atoms with van der Waals surface area (Å²) in [5.74, 6) is 1.06. The molecule has 4 heteroatoms. The van der Waals surface area contributed by atoms with Crippen molar-refractivity contribution >= 4 is 6.79 Å². The van der Waals surface area contributed by atoms with E-state index in [0.717, 1.165) is 17.3 Å². The first-order chi connectivity index (χ1) is 13.5. The van der Waals surface area contributed by atoms with E-state index in [-0.39, 0.29) is 11.7 Å². The van der Waals surface area contributed by atoms with Gasteiger partial charge in [-0.15, -0.1) is 12.8 Å². The lowest BCUT2D eigenvalue weighted by atomic mass is 9.96. The van der Waals surface area contributed by atoms with Crippen LogP contribution in [0.25, 0.3) is 0 Å². The normalized spacial score (nSPS) is 18.3. The predicted molar refractivity (Wildman–Crippen MR) is 119 cm³/mol. The lowest BCUT2D eigenvalue weighted by Crippen LogP contribution is -2.28. The van der Waals surface area contributed by atoms with E-state index in [9.17, 15) is 4.39 Å². The van der Waals surface area contributed by atoms with E-state index in [1.807, 2.05) is 51.8 Å². The lowest BCUT2D eigenvalue weighted by Gasteiger charge is -2.26. The SMILES string of the molecule is C#C.C=O.CC.CC1CCN(C)CC1.Cc1cccc(C2C=CC(F)=CC2)n1. The van der Waals surface area contributed by atoms with E-state index in [1.54, 1.807) is 6.08 Å². The first-order valence-electron chi connectivity index (χ1n) is 9.82. The molecular formula is C24H37FN2O. The molecule has 156 valence electrons. The first kappa shape index (κ1) is 28.0. The third-order valence-electron chi connectivity index (χ3n) is 4.35. The monoisotopic (exact) mass is 388 g/mol. The molecule has 0 saturated carbocycles. The molecule has 1 fully saturated rings. The van der Waals surface area contributed by atoms with Crippen LogP contribution in [-0.2, 0) is 4.79 Å². The zero-order chi connectivity index (χ0) is 21.9. The van der Waals surface area contributed by atoms with Crippen LogP contribution in [0.3, 0.4) is 0 Å². The maximum Gasteiger partial charge on any atom is 0.118 e. The van der Waals surface area contributed by atoms with Crippen LogP contribution >= 0.6 is 0 Å². The number of hydrogen-bond acceptors (Lipinski definition) is 3. The maximum atomic E-state index is 12.7. The van der Waals surface area contributed by atoms with Crippen molar-refractivity contribution in [3.63, 3.8) is 0 Å². The minimum Gasteiger partial charge on any atom is -0.307 e. The van der Waals surface area contributed by atoms with Gasteiger partial charge in [0.25, 0.3) is 0 Å². The van der Waals surface area contributed by atoms with Gasteiger partial charge in [-0.1, -0.05) is 32.9 Å². The molecular weight excluding hydrogens is 351 g/mol. The molecule has 28 heavy (non-hydrogen) atoms. The van der Waals surface area contributed by atoms with E-state index in [1.165, 1.54) is 32.0 Å². The van der Waals surface area contributed by atoms with Crippen molar-refractivity contribution in [2.45, 2.75) is 52.9 Å². The smallest absolute Gasteiger partial charge is 0.118 e. The van der Waals surface area contributed by atoms with Gasteiger partial charge in [0.2, 0.25) is 0 Å². The lowest BCUT2D eigenvalue weighted by molar-refractivity contribution is -0.0979. The molecule has 1 aromatic rings. The Morgan fingerprint density at radius 1 is 1.18 bits per heavy atom. The average Bonchev–Trinajstić information content (AvgIpc) is 2.76. The summed E-state index contributed by atoms with van der Waals surface area (Å²) in [7, 11) is 2.20. The topological polar surface area (TPSA) is 33.2 Å². The summed E-state index contributed by atoms with van der Waals surface area (Å²) in [6.07, 6.45) is 16.5. The number of rotatable bonds is 1. The average molecular weight is 389 g/mol. The minimum absolute atomic E-state index is 0.145. The molecule has 3 nitrogen and oxygen atoms in total. The predicted octanol–water partition coefficient (Wildman–Crippen LogP) is 5.73. The second-order valence-electron chi connectivity index (χ2n) is 6.48. The number of allylic oxidation sites excluding steroid dienone is 4. The van der Waals surface area contributed by atoms with Crippen molar-refractivity contribution in [3.8, 4) is 12.8 Å². The Hall–Kier alpha value is -2.25. The van der Waals surface area contributed by atoms with Gasteiger partial charge < -0.3 is 9.69 Å². The Kier molecular flexibility index (Phi) is 18.1. The summed E-state index contributed by atoms with van der Waals surface area (Å²) in [5, 5.41) is 0. The second-order valence-corrected chi connectivity index (χ2v) is 6.48. The largest absolute Gasteiger partial charge is 0.307 e. The van der Waals surface area contributed by atoms with Crippen molar-refractivity contribution in [3.05, 3.63) is 53.6 Å². The first-order valence-corrected chi connectivity index (χ1v) is 9.82. The quantitative estimate of drug-likeness (QED) is 0.576. The zero-order valence-electron chi connectivity index (χ0n) is 18.2. The molecule has 2 aliphatic rings. The summed E-state index contributed by atoms with van der Waals surface area (Å²) in [6, 6.07) is 5.94. The van der Waals surface area contributed by atoms with Crippen molar-refractivity contribution in [1.82, 2.24) is 9.88 Å². The fourth-order valence-corrected chi connectivity index (χ4v) is 2.72. The Balaban J connectivity index is 0. The van der Waals surface area contributed by atoms with Crippen molar-refractivity contribution in [1.29, 1.82) is 0 Å². The summed E-state index contributed by atoms with van der Waals surface area (Å²) >= 11 is 0. The van der Waals surface area contributed by atoms with E-state index in [2.05, 4.69) is 36.7 Å². The minimum atomic E-state index is -0.145. The number of halogens is 1. The number of piperidine rings is 1. The highest BCUT2D eigenvalue weighted by Gasteiger charge is 2.12. The van der Waals surface area contributed by atoms with E-state index in [4.69, 9.17) is 4.79 Å². The highest BCUT2D eigenvalue weighted by molar-refractivity contribution is 5.27. The standard InChI is InChI=1S/C12H12FN.C7H15N.C2H6.C2H2.CH2O/c1-9-3-2-4-12(14-9)10-5-7-11(13)8-6-10;1-7-3-5-8(2)6-4-7;3*1-2/h2-5,7-8,10H,6H2,1H3;7H,3-6H2,1-2H3;1-2H3;1-2H;1H2. The Labute approximate surface area is 171 Å². The van der Waals surface area contributed by atoms with Crippen LogP contribution in [0, 0.1) is 25.7 Å². The molecule has 1 aliphatic heterocycles. The Morgan fingerprint density at radius 3 is 2.18 bits per heavy atom. The van der Waals surface area contributed by atoms with Crippen LogP contribution in [0.2, 0.25) is 0 Å². The molecule has 0 aromatic carbocycles. The number of pyridine rings is 1. The highest BCUT2D eigenvalue weighted by atomic mass is 19.1. The molecule has 0 radical (unpaired) electrons. The van der Waals surface area contributed by atoms with Crippen LogP contribution in [0.4, 0.5) is 4.39 Å². The van der Waals surface area contributed by atoms with Crippen LogP contribution in [0.5, 0.6) is 0 Å². The van der Waals surface area contributed by atoms with E-state index in [0.29, 0.717) is 6.42 Å². The van der Waals surface area contributed by atoms with Crippen LogP contribution in [-0.4, -0.2) is 36.8 Å². The fourth-order valence-electron chi connectivity index (χ4n) is 2.72. The van der Waals surface area contributed by atoms with E-state index < -0.39 is 0 Å². The van der Waals surface area contributed by atoms with Gasteiger partial charge >= 0.3 is 0 Å². The molecule has 1 aromatic heterocycles. The summed E-state index contributed by atoms with van der Waals surface area (Å²) < 4.78 is 12.7. The van der Waals surface area contributed by atoms with Crippen LogP contribution in [0.1, 0.15) is 57.3 Å². The molecule has 1 saturated heterocycles. The molecule has 1 atom stereocenters. The van der Waals surface area contributed by atoms with Gasteiger partial charge in [-0.2, -0.15) is 0 Å². The summed E-state index contributed by atoms with van der Waals surface area (Å²) in [5.41, 5.74) is 2.02. The molecule has 0 spiro atoms. The third kappa shape index (κ3) is 12.2. The van der Waals surface area contributed by atoms with Gasteiger partial charge in [0.15, 0.2) is 0 Å². The fraction of sp³-hybridized carbons (Fsp3) is 0.500. The number of terminal acetylenes is 1. The number of nitrogens with zero attached hydrogens (tertiary/aromatic N) is 2. The van der Waals surface area contributed by atoms with Crippen molar-refractivity contribution in [2.24, 2.45) is 5.92 Å². The number of carbonyl (C=O) groups excluding carboxylic acids is 1. The number of aryl methyl sites for hydroxylation is 1. The number of hydrogen-bond donors (Lipinski definition) is 0. The van der Waals surface area contributed by atoms with Gasteiger partial charge in [0, 0.05) is 17.3 Å². The molecule has 0 amide bonds. The number of likely N-dealkylation sites (tertiary alicyclic amines) is 1. The highest BCUT2D eigenvalue weighted by Crippen LogP contribution is 2.25. The van der Waals surface area contributed by atoms with Crippen LogP contribution in [0.15, 0.2) is 42.3 Å². The molecule has 0 N–H and O–H groups in total. The summed E-state index contributed by atoms with van der Waals surface area (Å²) in [4.78, 5) is 14.8. The Morgan fingerprint density at radius 2 is 1.75 bits per heavy atom. The van der Waals surface area contributed by atoms with Gasteiger partial charge in [0.1, 0.15) is 12.6 Å². The van der Waals surface area contributed by atoms with Gasteiger partial charge in [0.05, 0.1) is 0 Å². The Bertz CT molecular complexity index is 577. The third-order valence-corrected chi connectivity index (χ3v) is 4.35. The van der Waals surface area contributed by atoms with Gasteiger partial charge in [-0.3, -0.25) is 4.98 Å². The number of carbonyl (C=O) groups is 1. The van der Waals surface area contributed by atoms with Crippen molar-refractivity contribution < 1.29 is 9.18 Å². The van der Waals surface area contributed by atoms with E-state index >= 15 is 0 Å². The van der Waals surface area contributed by atoms with Gasteiger partial charge in [-0.25, -0.2) is 4.39 Å². The molecule has 3 rings (SSSR count). The molecule has 2 heterocycles. The molecule has 1 aliphatic carbocycles. The molecule has 0 bridgehead atoms. The zero-order valence-corrected chi connectivity index (χ0v) is 18.2. The van der Waals surface area contributed by atoms with Crippen LogP contribution < -0.4 is 0 Å². The second kappa shape index (κ2) is 18.1. The molecule has 1 unspecified atom stereocenters. The number of aromatic nitrogens is 1. The van der Waals surface area contributed by atoms with Gasteiger partial charge in [-0.05, 0) is 76.5 Å². The summed E-state index contributed by atoms with van der Waals surface area (Å²) in [6.45, 7) is 12.9. The van der Waals surface area contributed by atoms with Crippen molar-refractivity contribution in [2.75, 3.05) is 20.1 Å².